The van der Waals surface area contributed by atoms with E-state index in [0.29, 0.717) is 43.7 Å². The van der Waals surface area contributed by atoms with Crippen LogP contribution in [0.4, 0.5) is 22.8 Å². The first-order valence-electron chi connectivity index (χ1n) is 19.1. The second-order valence-corrected chi connectivity index (χ2v) is 14.5. The predicted molar refractivity (Wildman–Crippen MR) is 207 cm³/mol. The van der Waals surface area contributed by atoms with Gasteiger partial charge in [-0.1, -0.05) is 48.5 Å². The zero-order chi connectivity index (χ0) is 42.6. The number of alkyl carbamates (subject to hydrolysis) is 1. The molecule has 4 heterocycles. The molecule has 0 bridgehead atoms. The van der Waals surface area contributed by atoms with Crippen LogP contribution in [-0.4, -0.2) is 118 Å². The maximum absolute atomic E-state index is 14.5. The van der Waals surface area contributed by atoms with Crippen molar-refractivity contribution in [1.29, 1.82) is 0 Å². The van der Waals surface area contributed by atoms with Crippen LogP contribution in [0.2, 0.25) is 0 Å². The minimum atomic E-state index is -4.78. The highest BCUT2D eigenvalue weighted by molar-refractivity contribution is 5.87. The summed E-state index contributed by atoms with van der Waals surface area (Å²) in [6.07, 6.45) is -4.50. The topological polar surface area (TPSA) is 204 Å². The summed E-state index contributed by atoms with van der Waals surface area (Å²) >= 11 is 0. The number of aromatic nitrogens is 4. The van der Waals surface area contributed by atoms with Gasteiger partial charge in [0.05, 0.1) is 43.3 Å². The highest BCUT2D eigenvalue weighted by Crippen LogP contribution is 2.40. The Bertz CT molecular complexity index is 2120. The molecule has 2 aromatic carbocycles. The van der Waals surface area contributed by atoms with Crippen molar-refractivity contribution < 1.29 is 51.7 Å². The van der Waals surface area contributed by atoms with Gasteiger partial charge in [0.25, 0.3) is 0 Å². The summed E-state index contributed by atoms with van der Waals surface area (Å²) in [6.45, 7) is 3.89. The molecule has 0 spiro atoms. The second-order valence-electron chi connectivity index (χ2n) is 14.5. The number of rotatable bonds is 13. The van der Waals surface area contributed by atoms with Crippen molar-refractivity contribution in [3.63, 3.8) is 0 Å². The molecular formula is C40H47F3N8O8. The lowest BCUT2D eigenvalue weighted by Gasteiger charge is -2.30. The third kappa shape index (κ3) is 9.20. The average Bonchev–Trinajstić information content (AvgIpc) is 4.07. The number of H-pyrrole nitrogens is 2. The van der Waals surface area contributed by atoms with Gasteiger partial charge in [-0.2, -0.15) is 13.2 Å². The molecule has 19 heteroatoms. The van der Waals surface area contributed by atoms with Crippen LogP contribution >= 0.6 is 0 Å². The standard InChI is InChI=1S/C40H47F3N8O8/c1-21(57-3)30(47-38(54)55)36(52)50-18-6-8-28(50)34-44-20-27(45-34)25-14-10-23(11-15-25)24-12-16-26(17-13-24)32-33(40(41,42)43)49-35(46-32)29-9-7-19-51(29)37(53)31(22(2)58-4)48-39(56)59-5/h10-17,20-22,28-31,47H,6-9,18-19H2,1-5H3,(H,44,45)(H,46,49)(H,48,56)(H,54,55)/t21-,22?,28+,29+,30+,31+/m1/s1. The lowest BCUT2D eigenvalue weighted by Crippen LogP contribution is -2.54. The van der Waals surface area contributed by atoms with Gasteiger partial charge >= 0.3 is 18.4 Å². The fourth-order valence-electron chi connectivity index (χ4n) is 7.62. The van der Waals surface area contributed by atoms with Crippen LogP contribution < -0.4 is 10.6 Å². The van der Waals surface area contributed by atoms with E-state index in [9.17, 15) is 37.5 Å². The van der Waals surface area contributed by atoms with Crippen LogP contribution in [0.25, 0.3) is 33.6 Å². The van der Waals surface area contributed by atoms with E-state index in [0.717, 1.165) is 23.8 Å². The number of carboxylic acid groups (broad SMARTS) is 1. The van der Waals surface area contributed by atoms with Crippen molar-refractivity contribution in [1.82, 2.24) is 40.4 Å². The molecule has 2 saturated heterocycles. The van der Waals surface area contributed by atoms with Crippen molar-refractivity contribution in [2.24, 2.45) is 0 Å². The van der Waals surface area contributed by atoms with E-state index in [2.05, 4.69) is 35.3 Å². The van der Waals surface area contributed by atoms with E-state index >= 15 is 0 Å². The van der Waals surface area contributed by atoms with Gasteiger partial charge in [-0.15, -0.1) is 0 Å². The summed E-state index contributed by atoms with van der Waals surface area (Å²) in [5, 5.41) is 14.0. The van der Waals surface area contributed by atoms with Gasteiger partial charge in [0.2, 0.25) is 11.8 Å². The van der Waals surface area contributed by atoms with Crippen LogP contribution in [-0.2, 0) is 30.0 Å². The number of imidazole rings is 2. The maximum atomic E-state index is 14.5. The molecule has 316 valence electrons. The van der Waals surface area contributed by atoms with Gasteiger partial charge in [-0.25, -0.2) is 19.6 Å². The fourth-order valence-corrected chi connectivity index (χ4v) is 7.62. The van der Waals surface area contributed by atoms with Gasteiger partial charge in [0.1, 0.15) is 35.1 Å². The minimum absolute atomic E-state index is 0.0194. The smallest absolute Gasteiger partial charge is 0.433 e. The van der Waals surface area contributed by atoms with E-state index in [-0.39, 0.29) is 29.7 Å². The Kier molecular flexibility index (Phi) is 12.9. The molecule has 1 unspecified atom stereocenters. The number of carbonyl (C=O) groups excluding carboxylic acids is 3. The molecule has 4 amide bonds. The number of amides is 4. The molecule has 5 N–H and O–H groups in total. The number of halogens is 3. The van der Waals surface area contributed by atoms with Gasteiger partial charge in [0, 0.05) is 32.9 Å². The Labute approximate surface area is 337 Å². The summed E-state index contributed by atoms with van der Waals surface area (Å²) in [7, 11) is 3.94. The van der Waals surface area contributed by atoms with Gasteiger partial charge in [0.15, 0.2) is 0 Å². The Morgan fingerprint density at radius 1 is 0.763 bits per heavy atom. The van der Waals surface area contributed by atoms with Crippen molar-refractivity contribution in [3.8, 4) is 33.6 Å². The summed E-state index contributed by atoms with van der Waals surface area (Å²) in [4.78, 5) is 68.3. The number of hydrogen-bond acceptors (Lipinski definition) is 9. The molecule has 59 heavy (non-hydrogen) atoms. The van der Waals surface area contributed by atoms with E-state index in [4.69, 9.17) is 9.47 Å². The molecule has 2 aliphatic heterocycles. The van der Waals surface area contributed by atoms with Crippen molar-refractivity contribution >= 4 is 24.0 Å². The molecule has 0 saturated carbocycles. The summed E-state index contributed by atoms with van der Waals surface area (Å²) in [5.41, 5.74) is 1.93. The van der Waals surface area contributed by atoms with E-state index < -0.39 is 66.2 Å². The van der Waals surface area contributed by atoms with Gasteiger partial charge in [-0.3, -0.25) is 9.59 Å². The summed E-state index contributed by atoms with van der Waals surface area (Å²) in [6, 6.07) is 10.6. The number of nitrogens with zero attached hydrogens (tertiary/aromatic N) is 4. The molecule has 0 radical (unpaired) electrons. The Morgan fingerprint density at radius 2 is 1.25 bits per heavy atom. The summed E-state index contributed by atoms with van der Waals surface area (Å²) in [5.74, 6) is -0.385. The lowest BCUT2D eigenvalue weighted by atomic mass is 10.0. The van der Waals surface area contributed by atoms with E-state index in [1.165, 1.54) is 19.1 Å². The van der Waals surface area contributed by atoms with E-state index in [1.54, 1.807) is 49.2 Å². The van der Waals surface area contributed by atoms with Crippen molar-refractivity contribution in [3.05, 3.63) is 72.1 Å². The number of alkyl halides is 3. The molecule has 4 aromatic rings. The predicted octanol–water partition coefficient (Wildman–Crippen LogP) is 5.91. The SMILES string of the molecule is COC(=O)N[C@H](C(=O)N1CCC[C@H]1c1nc(-c2ccc(-c3ccc(-c4cnc([C@@H]5CCCN5C(=O)[C@@H](NC(=O)O)[C@@H](C)OC)[nH]4)cc3)cc2)c(C(F)(F)F)[nH]1)C(C)OC. The number of aromatic amines is 2. The Morgan fingerprint density at radius 3 is 1.75 bits per heavy atom. The number of hydrogen-bond donors (Lipinski definition) is 5. The van der Waals surface area contributed by atoms with Crippen LogP contribution in [0.1, 0.15) is 69.0 Å². The van der Waals surface area contributed by atoms with Crippen LogP contribution in [0.5, 0.6) is 0 Å². The first kappa shape index (κ1) is 42.7. The van der Waals surface area contributed by atoms with Crippen molar-refractivity contribution in [2.45, 2.75) is 82.1 Å². The molecule has 0 aliphatic carbocycles. The molecule has 2 fully saturated rings. The Balaban J connectivity index is 1.18. The lowest BCUT2D eigenvalue weighted by molar-refractivity contribution is -0.140. The number of carbonyl (C=O) groups is 4. The molecule has 6 rings (SSSR count). The third-order valence-corrected chi connectivity index (χ3v) is 10.9. The Hall–Kier alpha value is -5.95. The maximum Gasteiger partial charge on any atom is 0.433 e. The first-order chi connectivity index (χ1) is 28.1. The van der Waals surface area contributed by atoms with Crippen LogP contribution in [0, 0.1) is 0 Å². The molecule has 16 nitrogen and oxygen atoms in total. The van der Waals surface area contributed by atoms with E-state index in [1.807, 2.05) is 24.3 Å². The zero-order valence-corrected chi connectivity index (χ0v) is 33.1. The van der Waals surface area contributed by atoms with Gasteiger partial charge in [-0.05, 0) is 56.2 Å². The van der Waals surface area contributed by atoms with Crippen LogP contribution in [0.15, 0.2) is 54.7 Å². The number of ether oxygens (including phenoxy) is 3. The normalized spacial score (nSPS) is 18.9. The minimum Gasteiger partial charge on any atom is -0.465 e. The van der Waals surface area contributed by atoms with Crippen molar-refractivity contribution in [2.75, 3.05) is 34.4 Å². The molecule has 6 atom stereocenters. The molecule has 2 aliphatic rings. The highest BCUT2D eigenvalue weighted by atomic mass is 19.4. The second kappa shape index (κ2) is 17.9. The largest absolute Gasteiger partial charge is 0.465 e. The number of methoxy groups -OCH3 is 3. The number of likely N-dealkylation sites (tertiary alicyclic amines) is 2. The van der Waals surface area contributed by atoms with Crippen LogP contribution in [0.3, 0.4) is 0 Å². The summed E-state index contributed by atoms with van der Waals surface area (Å²) < 4.78 is 58.6. The monoisotopic (exact) mass is 824 g/mol. The third-order valence-electron chi connectivity index (χ3n) is 10.9. The zero-order valence-electron chi connectivity index (χ0n) is 33.1. The molecular weight excluding hydrogens is 777 g/mol. The quantitative estimate of drug-likeness (QED) is 0.108. The average molecular weight is 825 g/mol. The van der Waals surface area contributed by atoms with Gasteiger partial charge < -0.3 is 49.7 Å². The molecule has 2 aromatic heterocycles. The highest BCUT2D eigenvalue weighted by Gasteiger charge is 2.43. The first-order valence-corrected chi connectivity index (χ1v) is 19.1. The number of nitrogens with one attached hydrogen (secondary N) is 4. The number of benzene rings is 2. The fraction of sp³-hybridized carbons (Fsp3) is 0.450.